The predicted molar refractivity (Wildman–Crippen MR) is 149 cm³/mol. The highest BCUT2D eigenvalue weighted by Crippen LogP contribution is 2.48. The summed E-state index contributed by atoms with van der Waals surface area (Å²) in [5.41, 5.74) is 1.30. The van der Waals surface area contributed by atoms with E-state index >= 15 is 0 Å². The first-order valence-electron chi connectivity index (χ1n) is 8.86. The Bertz CT molecular complexity index is 1420. The van der Waals surface area contributed by atoms with E-state index in [1.165, 1.54) is 0 Å². The molecule has 0 saturated carbocycles. The van der Waals surface area contributed by atoms with Crippen molar-refractivity contribution in [2.75, 3.05) is 0 Å². The zero-order chi connectivity index (χ0) is 22.8. The molecular formula is C22H12Br6O2S. The lowest BCUT2D eigenvalue weighted by Gasteiger charge is -2.20. The molecule has 0 atom stereocenters. The van der Waals surface area contributed by atoms with Crippen LogP contribution < -0.4 is 0 Å². The summed E-state index contributed by atoms with van der Waals surface area (Å²) in [4.78, 5) is 0.579. The maximum absolute atomic E-state index is 14.4. The molecule has 0 radical (unpaired) electrons. The van der Waals surface area contributed by atoms with E-state index in [1.807, 2.05) is 50.2 Å². The smallest absolute Gasteiger partial charge is 0.208 e. The minimum Gasteiger partial charge on any atom is -0.218 e. The molecule has 160 valence electrons. The Morgan fingerprint density at radius 3 is 1.29 bits per heavy atom. The van der Waals surface area contributed by atoms with Crippen LogP contribution in [-0.2, 0) is 9.84 Å². The largest absolute Gasteiger partial charge is 0.218 e. The van der Waals surface area contributed by atoms with Gasteiger partial charge in [-0.1, -0.05) is 56.1 Å². The zero-order valence-corrected chi connectivity index (χ0v) is 26.3. The molecule has 31 heavy (non-hydrogen) atoms. The van der Waals surface area contributed by atoms with Crippen LogP contribution in [0.3, 0.4) is 0 Å². The van der Waals surface area contributed by atoms with Gasteiger partial charge in [0, 0.05) is 48.4 Å². The fraction of sp³-hybridized carbons (Fsp3) is 0.0909. The van der Waals surface area contributed by atoms with Crippen molar-refractivity contribution < 1.29 is 8.42 Å². The first kappa shape index (κ1) is 24.4. The standard InChI is InChI=1S/C22H12Br6O2S/c1-9-17(25)19(27)15-11(5-3-7-13(15)23)21(9)31(29,30)22-10(2)18(26)20(28)16-12(22)6-4-8-14(16)24/h3-8H,1-2H3. The molecule has 0 bridgehead atoms. The second kappa shape index (κ2) is 8.78. The molecular weight excluding hydrogens is 808 g/mol. The van der Waals surface area contributed by atoms with Gasteiger partial charge in [0.05, 0.1) is 9.79 Å². The number of halogens is 6. The molecule has 0 unspecified atom stereocenters. The molecule has 0 aliphatic rings. The predicted octanol–water partition coefficient (Wildman–Crippen LogP) is 10.0. The first-order valence-corrected chi connectivity index (χ1v) is 15.1. The van der Waals surface area contributed by atoms with Gasteiger partial charge in [-0.05, 0) is 101 Å². The number of hydrogen-bond acceptors (Lipinski definition) is 2. The van der Waals surface area contributed by atoms with E-state index in [9.17, 15) is 8.42 Å². The fourth-order valence-electron chi connectivity index (χ4n) is 3.82. The van der Waals surface area contributed by atoms with Gasteiger partial charge < -0.3 is 0 Å². The van der Waals surface area contributed by atoms with Crippen LogP contribution in [0.5, 0.6) is 0 Å². The lowest BCUT2D eigenvalue weighted by atomic mass is 10.1. The van der Waals surface area contributed by atoms with Crippen molar-refractivity contribution in [2.45, 2.75) is 23.6 Å². The van der Waals surface area contributed by atoms with Gasteiger partial charge in [0.1, 0.15) is 0 Å². The summed E-state index contributed by atoms with van der Waals surface area (Å²) in [6.45, 7) is 3.65. The summed E-state index contributed by atoms with van der Waals surface area (Å²) in [5.74, 6) is 0. The molecule has 0 saturated heterocycles. The van der Waals surface area contributed by atoms with Crippen molar-refractivity contribution in [3.63, 3.8) is 0 Å². The second-order valence-corrected chi connectivity index (χ2v) is 13.7. The molecule has 0 amide bonds. The Balaban J connectivity index is 2.27. The maximum Gasteiger partial charge on any atom is 0.208 e. The van der Waals surface area contributed by atoms with E-state index in [-0.39, 0.29) is 9.79 Å². The first-order chi connectivity index (χ1) is 14.5. The molecule has 4 aromatic rings. The number of rotatable bonds is 2. The van der Waals surface area contributed by atoms with E-state index in [2.05, 4.69) is 95.6 Å². The highest BCUT2D eigenvalue weighted by atomic mass is 79.9. The van der Waals surface area contributed by atoms with Gasteiger partial charge in [0.15, 0.2) is 0 Å². The van der Waals surface area contributed by atoms with Crippen LogP contribution in [0.25, 0.3) is 21.5 Å². The lowest BCUT2D eigenvalue weighted by molar-refractivity contribution is 0.596. The van der Waals surface area contributed by atoms with Gasteiger partial charge in [-0.2, -0.15) is 0 Å². The molecule has 0 heterocycles. The van der Waals surface area contributed by atoms with Crippen LogP contribution in [-0.4, -0.2) is 8.42 Å². The fourth-order valence-corrected chi connectivity index (χ4v) is 10.1. The van der Waals surface area contributed by atoms with E-state index in [1.54, 1.807) is 0 Å². The molecule has 0 aromatic heterocycles. The summed E-state index contributed by atoms with van der Waals surface area (Å²) in [6.07, 6.45) is 0. The van der Waals surface area contributed by atoms with E-state index in [4.69, 9.17) is 0 Å². The Morgan fingerprint density at radius 1 is 0.581 bits per heavy atom. The summed E-state index contributed by atoms with van der Waals surface area (Å²) in [7, 11) is -3.91. The number of sulfone groups is 1. The Morgan fingerprint density at radius 2 is 0.935 bits per heavy atom. The van der Waals surface area contributed by atoms with Crippen molar-refractivity contribution in [1.29, 1.82) is 0 Å². The van der Waals surface area contributed by atoms with Crippen molar-refractivity contribution in [1.82, 2.24) is 0 Å². The van der Waals surface area contributed by atoms with Crippen LogP contribution in [0.4, 0.5) is 0 Å². The molecule has 4 aromatic carbocycles. The van der Waals surface area contributed by atoms with E-state index in [0.29, 0.717) is 30.8 Å². The highest BCUT2D eigenvalue weighted by Gasteiger charge is 2.31. The van der Waals surface area contributed by atoms with Crippen molar-refractivity contribution in [3.05, 3.63) is 74.4 Å². The van der Waals surface area contributed by atoms with Gasteiger partial charge >= 0.3 is 0 Å². The molecule has 0 N–H and O–H groups in total. The molecule has 0 aliphatic carbocycles. The number of hydrogen-bond donors (Lipinski definition) is 0. The Kier molecular flexibility index (Phi) is 6.90. The Labute approximate surface area is 230 Å². The summed E-state index contributed by atoms with van der Waals surface area (Å²) in [5, 5.41) is 2.92. The highest BCUT2D eigenvalue weighted by molar-refractivity contribution is 9.13. The maximum atomic E-state index is 14.4. The van der Waals surface area contributed by atoms with Crippen molar-refractivity contribution >= 4 is 127 Å². The van der Waals surface area contributed by atoms with Gasteiger partial charge in [-0.3, -0.25) is 0 Å². The Hall–Kier alpha value is 0.230. The molecule has 0 fully saturated rings. The SMILES string of the molecule is Cc1c(Br)c(Br)c2c(Br)cccc2c1S(=O)(=O)c1c(C)c(Br)c(Br)c2c(Br)cccc12. The summed E-state index contributed by atoms with van der Waals surface area (Å²) in [6, 6.07) is 11.2. The van der Waals surface area contributed by atoms with Gasteiger partial charge in [-0.25, -0.2) is 8.42 Å². The van der Waals surface area contributed by atoms with Crippen LogP contribution >= 0.6 is 95.6 Å². The molecule has 0 aliphatic heterocycles. The third kappa shape index (κ3) is 3.74. The molecule has 9 heteroatoms. The average Bonchev–Trinajstić information content (AvgIpc) is 2.70. The monoisotopic (exact) mass is 814 g/mol. The van der Waals surface area contributed by atoms with Crippen molar-refractivity contribution in [3.8, 4) is 0 Å². The van der Waals surface area contributed by atoms with Gasteiger partial charge in [0.25, 0.3) is 0 Å². The third-order valence-electron chi connectivity index (χ3n) is 5.22. The van der Waals surface area contributed by atoms with Crippen LogP contribution in [0, 0.1) is 13.8 Å². The van der Waals surface area contributed by atoms with Crippen molar-refractivity contribution in [2.24, 2.45) is 0 Å². The van der Waals surface area contributed by atoms with Gasteiger partial charge in [-0.15, -0.1) is 0 Å². The summed E-state index contributed by atoms with van der Waals surface area (Å²) < 4.78 is 33.4. The zero-order valence-electron chi connectivity index (χ0n) is 16.0. The average molecular weight is 820 g/mol. The minimum atomic E-state index is -3.91. The topological polar surface area (TPSA) is 34.1 Å². The third-order valence-corrected chi connectivity index (χ3v) is 13.3. The van der Waals surface area contributed by atoms with Crippen LogP contribution in [0.1, 0.15) is 11.1 Å². The summed E-state index contributed by atoms with van der Waals surface area (Å²) >= 11 is 21.6. The number of benzene rings is 4. The van der Waals surface area contributed by atoms with E-state index < -0.39 is 9.84 Å². The quantitative estimate of drug-likeness (QED) is 0.202. The molecule has 0 spiro atoms. The van der Waals surface area contributed by atoms with Crippen LogP contribution in [0.15, 0.2) is 73.0 Å². The van der Waals surface area contributed by atoms with Crippen LogP contribution in [0.2, 0.25) is 0 Å². The normalized spacial score (nSPS) is 12.1. The lowest BCUT2D eigenvalue weighted by Crippen LogP contribution is -2.10. The minimum absolute atomic E-state index is 0.289. The number of fused-ring (bicyclic) bond motifs is 2. The van der Waals surface area contributed by atoms with Gasteiger partial charge in [0.2, 0.25) is 9.84 Å². The van der Waals surface area contributed by atoms with E-state index in [0.717, 1.165) is 28.7 Å². The molecule has 4 rings (SSSR count). The second-order valence-electron chi connectivity index (χ2n) is 6.99. The molecule has 2 nitrogen and oxygen atoms in total.